The zero-order valence-electron chi connectivity index (χ0n) is 19.8. The van der Waals surface area contributed by atoms with Gasteiger partial charge in [0.1, 0.15) is 28.7 Å². The first kappa shape index (κ1) is 23.0. The van der Waals surface area contributed by atoms with Crippen LogP contribution in [0.25, 0.3) is 0 Å². The maximum Gasteiger partial charge on any atom is 0.213 e. The molecule has 5 nitrogen and oxygen atoms in total. The third-order valence-electron chi connectivity index (χ3n) is 6.46. The molecule has 0 saturated carbocycles. The molecule has 34 heavy (non-hydrogen) atoms. The lowest BCUT2D eigenvalue weighted by molar-refractivity contribution is -0.0191. The molecule has 1 aromatic heterocycles. The van der Waals surface area contributed by atoms with E-state index in [4.69, 9.17) is 19.0 Å². The normalized spacial score (nSPS) is 18.8. The quantitative estimate of drug-likeness (QED) is 0.267. The molecular weight excluding hydrogens is 492 g/mol. The average Bonchev–Trinajstić information content (AvgIpc) is 3.48. The lowest BCUT2D eigenvalue weighted by atomic mass is 9.97. The highest BCUT2D eigenvalue weighted by Gasteiger charge is 2.41. The number of benzene rings is 2. The topological polar surface area (TPSA) is 47.2 Å². The lowest BCUT2D eigenvalue weighted by Crippen LogP contribution is -2.33. The van der Waals surface area contributed by atoms with E-state index in [2.05, 4.69) is 46.1 Å². The first-order chi connectivity index (χ1) is 16.6. The van der Waals surface area contributed by atoms with Crippen LogP contribution < -0.4 is 9.47 Å². The number of rotatable bonds is 9. The van der Waals surface area contributed by atoms with E-state index >= 15 is 0 Å². The van der Waals surface area contributed by atoms with Crippen LogP contribution in [0, 0.1) is 6.92 Å². The Labute approximate surface area is 209 Å². The van der Waals surface area contributed by atoms with Gasteiger partial charge in [-0.3, -0.25) is 0 Å². The van der Waals surface area contributed by atoms with Gasteiger partial charge in [-0.05, 0) is 67.9 Å². The Morgan fingerprint density at radius 2 is 1.85 bits per heavy atom. The van der Waals surface area contributed by atoms with E-state index < -0.39 is 0 Å². The van der Waals surface area contributed by atoms with Crippen LogP contribution in [0.4, 0.5) is 0 Å². The zero-order chi connectivity index (χ0) is 23.5. The molecule has 0 spiro atoms. The van der Waals surface area contributed by atoms with Crippen LogP contribution >= 0.6 is 15.9 Å². The first-order valence-corrected chi connectivity index (χ1v) is 13.0. The van der Waals surface area contributed by atoms with Gasteiger partial charge in [0, 0.05) is 22.0 Å². The van der Waals surface area contributed by atoms with Gasteiger partial charge in [0.05, 0.1) is 12.6 Å². The van der Waals surface area contributed by atoms with E-state index in [1.54, 1.807) is 0 Å². The second-order valence-electron chi connectivity index (χ2n) is 9.04. The summed E-state index contributed by atoms with van der Waals surface area (Å²) in [7, 11) is 0. The van der Waals surface area contributed by atoms with E-state index in [1.807, 2.05) is 43.3 Å². The van der Waals surface area contributed by atoms with Crippen LogP contribution in [0.2, 0.25) is 0 Å². The molecule has 2 aliphatic heterocycles. The van der Waals surface area contributed by atoms with Gasteiger partial charge in [-0.2, -0.15) is 5.10 Å². The number of fused-ring (bicyclic) bond motifs is 3. The predicted molar refractivity (Wildman–Crippen MR) is 137 cm³/mol. The van der Waals surface area contributed by atoms with Crippen LogP contribution in [0.3, 0.4) is 0 Å². The van der Waals surface area contributed by atoms with Gasteiger partial charge < -0.3 is 13.9 Å². The Hall–Kier alpha value is -2.73. The molecule has 2 aromatic carbocycles. The van der Waals surface area contributed by atoms with Crippen molar-refractivity contribution < 1.29 is 13.9 Å². The van der Waals surface area contributed by atoms with Crippen molar-refractivity contribution in [3.63, 3.8) is 0 Å². The van der Waals surface area contributed by atoms with Crippen LogP contribution in [0.1, 0.15) is 80.4 Å². The molecule has 5 rings (SSSR count). The van der Waals surface area contributed by atoms with Gasteiger partial charge >= 0.3 is 0 Å². The number of hydrazone groups is 1. The second-order valence-corrected chi connectivity index (χ2v) is 9.96. The van der Waals surface area contributed by atoms with Crippen molar-refractivity contribution >= 4 is 21.6 Å². The minimum atomic E-state index is -0.310. The fraction of sp³-hybridized carbons (Fsp3) is 0.393. The zero-order valence-corrected chi connectivity index (χ0v) is 21.4. The number of unbranched alkanes of at least 4 members (excludes halogenated alkanes) is 4. The summed E-state index contributed by atoms with van der Waals surface area (Å²) < 4.78 is 19.4. The summed E-state index contributed by atoms with van der Waals surface area (Å²) in [5.41, 5.74) is 3.13. The van der Waals surface area contributed by atoms with Crippen molar-refractivity contribution in [2.45, 2.75) is 64.6 Å². The van der Waals surface area contributed by atoms with Crippen molar-refractivity contribution in [2.24, 2.45) is 5.10 Å². The Kier molecular flexibility index (Phi) is 6.95. The van der Waals surface area contributed by atoms with E-state index in [0.29, 0.717) is 0 Å². The van der Waals surface area contributed by atoms with Crippen molar-refractivity contribution in [1.82, 2.24) is 5.01 Å². The minimum absolute atomic E-state index is 0.0886. The maximum absolute atomic E-state index is 6.48. The summed E-state index contributed by atoms with van der Waals surface area (Å²) in [6.45, 7) is 4.95. The van der Waals surface area contributed by atoms with Gasteiger partial charge in [-0.25, -0.2) is 5.01 Å². The average molecular weight is 523 g/mol. The van der Waals surface area contributed by atoms with Gasteiger partial charge in [0.15, 0.2) is 0 Å². The third-order valence-corrected chi connectivity index (χ3v) is 6.95. The van der Waals surface area contributed by atoms with Crippen molar-refractivity contribution in [2.75, 3.05) is 6.61 Å². The van der Waals surface area contributed by atoms with Gasteiger partial charge in [0.25, 0.3) is 0 Å². The number of ether oxygens (including phenoxy) is 2. The molecule has 6 heteroatoms. The number of hydrogen-bond donors (Lipinski definition) is 0. The van der Waals surface area contributed by atoms with Crippen LogP contribution in [-0.2, 0) is 0 Å². The molecule has 2 unspecified atom stereocenters. The van der Waals surface area contributed by atoms with E-state index in [1.165, 1.54) is 25.7 Å². The second kappa shape index (κ2) is 10.3. The van der Waals surface area contributed by atoms with E-state index in [9.17, 15) is 0 Å². The summed E-state index contributed by atoms with van der Waals surface area (Å²) >= 11 is 3.61. The Balaban J connectivity index is 1.35. The number of hydrogen-bond acceptors (Lipinski definition) is 5. The van der Waals surface area contributed by atoms with Crippen LogP contribution in [-0.4, -0.2) is 17.3 Å². The highest BCUT2D eigenvalue weighted by molar-refractivity contribution is 9.10. The molecule has 178 valence electrons. The first-order valence-electron chi connectivity index (χ1n) is 12.2. The highest BCUT2D eigenvalue weighted by atomic mass is 79.9. The Morgan fingerprint density at radius 3 is 2.62 bits per heavy atom. The standard InChI is InChI=1S/C28H31BrN2O3/c1-3-4-5-6-7-16-32-22-12-9-20(10-13-22)28-31-25(23-17-21(29)11-15-26(23)34-28)18-24(30-31)27-14-8-19(2)33-27/h8-15,17,25,28H,3-7,16,18H2,1-2H3. The highest BCUT2D eigenvalue weighted by Crippen LogP contribution is 2.48. The molecule has 0 radical (unpaired) electrons. The molecular formula is C28H31BrN2O3. The molecule has 0 aliphatic carbocycles. The van der Waals surface area contributed by atoms with Crippen LogP contribution in [0.15, 0.2) is 68.6 Å². The summed E-state index contributed by atoms with van der Waals surface area (Å²) in [5.74, 6) is 3.51. The molecule has 3 aromatic rings. The summed E-state index contributed by atoms with van der Waals surface area (Å²) in [5, 5.41) is 7.05. The molecule has 2 aliphatic rings. The van der Waals surface area contributed by atoms with Crippen molar-refractivity contribution in [3.05, 3.63) is 81.7 Å². The van der Waals surface area contributed by atoms with Crippen LogP contribution in [0.5, 0.6) is 11.5 Å². The number of furan rings is 1. The minimum Gasteiger partial charge on any atom is -0.494 e. The molecule has 0 N–H and O–H groups in total. The van der Waals surface area contributed by atoms with E-state index in [0.717, 1.165) is 63.8 Å². The molecule has 0 fully saturated rings. The molecule has 0 bridgehead atoms. The smallest absolute Gasteiger partial charge is 0.213 e. The van der Waals surface area contributed by atoms with Crippen molar-refractivity contribution in [3.8, 4) is 11.5 Å². The number of nitrogens with zero attached hydrogens (tertiary/aromatic N) is 2. The number of aryl methyl sites for hydroxylation is 1. The third kappa shape index (κ3) is 4.88. The Morgan fingerprint density at radius 1 is 1.03 bits per heavy atom. The van der Waals surface area contributed by atoms with Gasteiger partial charge in [-0.15, -0.1) is 0 Å². The summed E-state index contributed by atoms with van der Waals surface area (Å²) in [4.78, 5) is 0. The molecule has 3 heterocycles. The van der Waals surface area contributed by atoms with Crippen molar-refractivity contribution in [1.29, 1.82) is 0 Å². The molecule has 2 atom stereocenters. The monoisotopic (exact) mass is 522 g/mol. The van der Waals surface area contributed by atoms with Gasteiger partial charge in [-0.1, -0.05) is 48.5 Å². The summed E-state index contributed by atoms with van der Waals surface area (Å²) in [6.07, 6.45) is 6.63. The maximum atomic E-state index is 6.48. The lowest BCUT2D eigenvalue weighted by Gasteiger charge is -2.38. The number of halogens is 1. The van der Waals surface area contributed by atoms with E-state index in [-0.39, 0.29) is 12.3 Å². The van der Waals surface area contributed by atoms with Gasteiger partial charge in [0.2, 0.25) is 6.23 Å². The summed E-state index contributed by atoms with van der Waals surface area (Å²) in [6, 6.07) is 18.5. The Bertz CT molecular complexity index is 1150. The molecule has 0 amide bonds. The fourth-order valence-corrected chi connectivity index (χ4v) is 5.02. The largest absolute Gasteiger partial charge is 0.494 e. The predicted octanol–water partition coefficient (Wildman–Crippen LogP) is 7.94. The molecule has 0 saturated heterocycles. The SMILES string of the molecule is CCCCCCCOc1ccc(C2Oc3ccc(Br)cc3C3CC(c4ccc(C)o4)=NN32)cc1. The fourth-order valence-electron chi connectivity index (χ4n) is 4.64.